The minimum absolute atomic E-state index is 0.349. The van der Waals surface area contributed by atoms with Crippen LogP contribution in [0.25, 0.3) is 0 Å². The monoisotopic (exact) mass is 233 g/mol. The van der Waals surface area contributed by atoms with Crippen molar-refractivity contribution in [3.63, 3.8) is 0 Å². The molecule has 0 aromatic carbocycles. The van der Waals surface area contributed by atoms with Gasteiger partial charge >= 0.3 is 0 Å². The van der Waals surface area contributed by atoms with E-state index in [1.165, 1.54) is 0 Å². The van der Waals surface area contributed by atoms with Gasteiger partial charge in [-0.05, 0) is 12.3 Å². The van der Waals surface area contributed by atoms with Crippen LogP contribution in [0.5, 0.6) is 0 Å². The van der Waals surface area contributed by atoms with E-state index in [1.807, 2.05) is 0 Å². The van der Waals surface area contributed by atoms with Crippen LogP contribution in [0.15, 0.2) is 6.07 Å². The van der Waals surface area contributed by atoms with Gasteiger partial charge < -0.3 is 5.32 Å². The molecule has 1 N–H and O–H groups in total. The van der Waals surface area contributed by atoms with E-state index in [4.69, 9.17) is 23.2 Å². The van der Waals surface area contributed by atoms with E-state index in [9.17, 15) is 0 Å². The van der Waals surface area contributed by atoms with E-state index in [0.29, 0.717) is 16.2 Å². The van der Waals surface area contributed by atoms with Gasteiger partial charge in [0.05, 0.1) is 5.69 Å². The fourth-order valence-corrected chi connectivity index (χ4v) is 1.28. The Morgan fingerprint density at radius 3 is 2.71 bits per heavy atom. The van der Waals surface area contributed by atoms with E-state index >= 15 is 0 Å². The molecule has 0 saturated carbocycles. The van der Waals surface area contributed by atoms with Crippen molar-refractivity contribution in [1.29, 1.82) is 0 Å². The van der Waals surface area contributed by atoms with Crippen LogP contribution in [0.2, 0.25) is 10.3 Å². The third-order valence-corrected chi connectivity index (χ3v) is 2.22. The maximum Gasteiger partial charge on any atom is 0.174 e. The van der Waals surface area contributed by atoms with Crippen molar-refractivity contribution < 1.29 is 0 Å². The lowest BCUT2D eigenvalue weighted by Crippen LogP contribution is -2.06. The molecule has 78 valence electrons. The second-order valence-corrected chi connectivity index (χ2v) is 4.23. The maximum atomic E-state index is 5.82. The molecular formula is C9H13Cl2N3. The fraction of sp³-hybridized carbons (Fsp3) is 0.556. The standard InChI is InChI=1S/C9H13Cl2N3/c1-6(2)3-4-12-7-5-8(10)13-14-9(7)11/h5-6H,3-4H2,1-2H3,(H,12,13). The first-order valence-electron chi connectivity index (χ1n) is 4.52. The summed E-state index contributed by atoms with van der Waals surface area (Å²) in [6.07, 6.45) is 1.08. The van der Waals surface area contributed by atoms with E-state index < -0.39 is 0 Å². The van der Waals surface area contributed by atoms with Crippen LogP contribution in [0, 0.1) is 5.92 Å². The first-order chi connectivity index (χ1) is 6.59. The van der Waals surface area contributed by atoms with Crippen molar-refractivity contribution in [3.8, 4) is 0 Å². The van der Waals surface area contributed by atoms with Crippen LogP contribution in [-0.2, 0) is 0 Å². The Kier molecular flexibility index (Phi) is 4.42. The number of aromatic nitrogens is 2. The largest absolute Gasteiger partial charge is 0.382 e. The Morgan fingerprint density at radius 1 is 1.36 bits per heavy atom. The van der Waals surface area contributed by atoms with Crippen LogP contribution in [0.4, 0.5) is 5.69 Å². The number of rotatable bonds is 4. The lowest BCUT2D eigenvalue weighted by atomic mass is 10.1. The SMILES string of the molecule is CC(C)CCNc1cc(Cl)nnc1Cl. The van der Waals surface area contributed by atoms with Gasteiger partial charge in [0.1, 0.15) is 0 Å². The summed E-state index contributed by atoms with van der Waals surface area (Å²) in [6.45, 7) is 5.20. The molecule has 5 heteroatoms. The molecule has 1 aromatic rings. The molecule has 1 heterocycles. The molecule has 1 rings (SSSR count). The molecule has 0 saturated heterocycles. The van der Waals surface area contributed by atoms with Crippen molar-refractivity contribution in [1.82, 2.24) is 10.2 Å². The van der Waals surface area contributed by atoms with E-state index in [2.05, 4.69) is 29.4 Å². The van der Waals surface area contributed by atoms with Crippen LogP contribution in [-0.4, -0.2) is 16.7 Å². The number of anilines is 1. The summed E-state index contributed by atoms with van der Waals surface area (Å²) in [5, 5.41) is 11.2. The highest BCUT2D eigenvalue weighted by Crippen LogP contribution is 2.20. The van der Waals surface area contributed by atoms with E-state index in [-0.39, 0.29) is 0 Å². The van der Waals surface area contributed by atoms with Crippen molar-refractivity contribution in [2.45, 2.75) is 20.3 Å². The zero-order chi connectivity index (χ0) is 10.6. The second-order valence-electron chi connectivity index (χ2n) is 3.48. The molecular weight excluding hydrogens is 221 g/mol. The Labute approximate surface area is 93.8 Å². The summed E-state index contributed by atoms with van der Waals surface area (Å²) in [4.78, 5) is 0. The number of nitrogens with one attached hydrogen (secondary N) is 1. The van der Waals surface area contributed by atoms with Gasteiger partial charge in [-0.25, -0.2) is 0 Å². The Hall–Kier alpha value is -0.540. The molecule has 0 aliphatic heterocycles. The molecule has 3 nitrogen and oxygen atoms in total. The number of halogens is 2. The second kappa shape index (κ2) is 5.37. The van der Waals surface area contributed by atoms with Crippen molar-refractivity contribution in [2.24, 2.45) is 5.92 Å². The van der Waals surface area contributed by atoms with Crippen LogP contribution in [0.1, 0.15) is 20.3 Å². The topological polar surface area (TPSA) is 37.8 Å². The molecule has 0 fully saturated rings. The van der Waals surface area contributed by atoms with Crippen molar-refractivity contribution >= 4 is 28.9 Å². The molecule has 0 bridgehead atoms. The molecule has 0 spiro atoms. The summed E-state index contributed by atoms with van der Waals surface area (Å²) in [5.74, 6) is 0.659. The summed E-state index contributed by atoms with van der Waals surface area (Å²) < 4.78 is 0. The lowest BCUT2D eigenvalue weighted by Gasteiger charge is -2.08. The zero-order valence-electron chi connectivity index (χ0n) is 8.22. The average Bonchev–Trinajstić information content (AvgIpc) is 2.10. The molecule has 14 heavy (non-hydrogen) atoms. The number of hydrogen-bond donors (Lipinski definition) is 1. The fourth-order valence-electron chi connectivity index (χ4n) is 0.973. The van der Waals surface area contributed by atoms with Crippen molar-refractivity contribution in [3.05, 3.63) is 16.4 Å². The highest BCUT2D eigenvalue weighted by molar-refractivity contribution is 6.33. The molecule has 0 atom stereocenters. The molecule has 0 unspecified atom stereocenters. The molecule has 0 radical (unpaired) electrons. The smallest absolute Gasteiger partial charge is 0.174 e. The first kappa shape index (κ1) is 11.5. The summed E-state index contributed by atoms with van der Waals surface area (Å²) in [6, 6.07) is 1.68. The average molecular weight is 234 g/mol. The van der Waals surface area contributed by atoms with Crippen LogP contribution < -0.4 is 5.32 Å². The minimum Gasteiger partial charge on any atom is -0.382 e. The quantitative estimate of drug-likeness (QED) is 0.868. The van der Waals surface area contributed by atoms with Gasteiger partial charge in [0, 0.05) is 12.6 Å². The summed E-state index contributed by atoms with van der Waals surface area (Å²) in [7, 11) is 0. The Balaban J connectivity index is 2.53. The number of nitrogens with zero attached hydrogens (tertiary/aromatic N) is 2. The van der Waals surface area contributed by atoms with E-state index in [1.54, 1.807) is 6.07 Å². The highest BCUT2D eigenvalue weighted by Gasteiger charge is 2.03. The van der Waals surface area contributed by atoms with Gasteiger partial charge in [0.15, 0.2) is 10.3 Å². The third-order valence-electron chi connectivity index (χ3n) is 1.76. The third kappa shape index (κ3) is 3.68. The maximum absolute atomic E-state index is 5.82. The van der Waals surface area contributed by atoms with Crippen LogP contribution >= 0.6 is 23.2 Å². The highest BCUT2D eigenvalue weighted by atomic mass is 35.5. The van der Waals surface area contributed by atoms with Gasteiger partial charge in [-0.3, -0.25) is 0 Å². The van der Waals surface area contributed by atoms with Crippen LogP contribution in [0.3, 0.4) is 0 Å². The molecule has 0 amide bonds. The molecule has 0 aliphatic carbocycles. The molecule has 1 aromatic heterocycles. The van der Waals surface area contributed by atoms with Gasteiger partial charge in [0.25, 0.3) is 0 Å². The lowest BCUT2D eigenvalue weighted by molar-refractivity contribution is 0.607. The Bertz CT molecular complexity index is 302. The van der Waals surface area contributed by atoms with E-state index in [0.717, 1.165) is 18.7 Å². The number of hydrogen-bond acceptors (Lipinski definition) is 3. The summed E-state index contributed by atoms with van der Waals surface area (Å²) >= 11 is 11.5. The van der Waals surface area contributed by atoms with Gasteiger partial charge in [-0.15, -0.1) is 10.2 Å². The molecule has 0 aliphatic rings. The zero-order valence-corrected chi connectivity index (χ0v) is 9.73. The van der Waals surface area contributed by atoms with Gasteiger partial charge in [-0.1, -0.05) is 37.0 Å². The van der Waals surface area contributed by atoms with Gasteiger partial charge in [-0.2, -0.15) is 0 Å². The predicted octanol–water partition coefficient (Wildman–Crippen LogP) is 3.24. The van der Waals surface area contributed by atoms with Crippen molar-refractivity contribution in [2.75, 3.05) is 11.9 Å². The Morgan fingerprint density at radius 2 is 2.07 bits per heavy atom. The van der Waals surface area contributed by atoms with Gasteiger partial charge in [0.2, 0.25) is 0 Å². The normalized spacial score (nSPS) is 10.6. The summed E-state index contributed by atoms with van der Waals surface area (Å²) in [5.41, 5.74) is 0.743. The first-order valence-corrected chi connectivity index (χ1v) is 5.27. The predicted molar refractivity (Wildman–Crippen MR) is 60.0 cm³/mol. The minimum atomic E-state index is 0.349.